The molecule has 0 amide bonds. The van der Waals surface area contributed by atoms with Crippen molar-refractivity contribution in [3.05, 3.63) is 48.5 Å². The van der Waals surface area contributed by atoms with E-state index in [4.69, 9.17) is 19.4 Å². The third-order valence-corrected chi connectivity index (χ3v) is 9.14. The van der Waals surface area contributed by atoms with Gasteiger partial charge in [0.05, 0.1) is 47.4 Å². The number of nitrogens with zero attached hydrogens (tertiary/aromatic N) is 4. The highest BCUT2D eigenvalue weighted by Crippen LogP contribution is 2.40. The lowest BCUT2D eigenvalue weighted by Gasteiger charge is -2.12. The summed E-state index contributed by atoms with van der Waals surface area (Å²) in [6.07, 6.45) is 2.29. The van der Waals surface area contributed by atoms with Crippen molar-refractivity contribution in [3.8, 4) is 34.3 Å². The molecule has 2 aromatic heterocycles. The molecule has 5 aromatic rings. The lowest BCUT2D eigenvalue weighted by molar-refractivity contribution is 0.405. The quantitative estimate of drug-likeness (QED) is 0.105. The predicted octanol–water partition coefficient (Wildman–Crippen LogP) is 6.88. The van der Waals surface area contributed by atoms with Crippen LogP contribution in [0, 0.1) is 0 Å². The van der Waals surface area contributed by atoms with Gasteiger partial charge in [-0.05, 0) is 114 Å². The lowest BCUT2D eigenvalue weighted by atomic mass is 10.1. The monoisotopic (exact) mass is 604 g/mol. The van der Waals surface area contributed by atoms with Crippen LogP contribution in [0.2, 0.25) is 0 Å². The average Bonchev–Trinajstić information content (AvgIpc) is 3.60. The molecule has 0 saturated carbocycles. The van der Waals surface area contributed by atoms with Crippen molar-refractivity contribution in [1.82, 2.24) is 29.7 Å². The van der Waals surface area contributed by atoms with Crippen LogP contribution in [0.4, 0.5) is 0 Å². The maximum atomic E-state index is 5.86. The molecule has 0 atom stereocenters. The summed E-state index contributed by atoms with van der Waals surface area (Å²) in [6, 6.07) is 16.7. The molecule has 2 heterocycles. The molecule has 42 heavy (non-hydrogen) atoms. The van der Waals surface area contributed by atoms with Crippen molar-refractivity contribution in [2.75, 3.05) is 67.0 Å². The first-order chi connectivity index (χ1) is 20.3. The molecule has 5 rings (SSSR count). The lowest BCUT2D eigenvalue weighted by Crippen LogP contribution is -2.13. The van der Waals surface area contributed by atoms with Crippen molar-refractivity contribution in [2.45, 2.75) is 22.6 Å². The molecule has 0 fully saturated rings. The molecule has 0 unspecified atom stereocenters. The van der Waals surface area contributed by atoms with E-state index in [9.17, 15) is 0 Å². The Morgan fingerprint density at radius 1 is 0.643 bits per heavy atom. The van der Waals surface area contributed by atoms with E-state index in [-0.39, 0.29) is 0 Å². The highest BCUT2D eigenvalue weighted by molar-refractivity contribution is 7.99. The van der Waals surface area contributed by atoms with E-state index in [2.05, 4.69) is 84.4 Å². The summed E-state index contributed by atoms with van der Waals surface area (Å²) in [5.74, 6) is 5.02. The van der Waals surface area contributed by atoms with Crippen LogP contribution in [0.25, 0.3) is 44.8 Å². The largest absolute Gasteiger partial charge is 0.496 e. The summed E-state index contributed by atoms with van der Waals surface area (Å²) in [5, 5.41) is 0. The van der Waals surface area contributed by atoms with Crippen LogP contribution in [0.3, 0.4) is 0 Å². The SMILES string of the molecule is COc1cc(-c2nc3ccc(SCCCN(C)C)cc3[nH]2)c(OC)cc1-c1nc2cc(SCCCN(C)C)ccc2[nH]1. The van der Waals surface area contributed by atoms with Gasteiger partial charge in [0.15, 0.2) is 0 Å². The highest BCUT2D eigenvalue weighted by Gasteiger charge is 2.19. The van der Waals surface area contributed by atoms with Crippen LogP contribution in [-0.2, 0) is 0 Å². The van der Waals surface area contributed by atoms with Gasteiger partial charge in [0.2, 0.25) is 0 Å². The van der Waals surface area contributed by atoms with Crippen LogP contribution in [0.5, 0.6) is 11.5 Å². The molecule has 0 radical (unpaired) electrons. The van der Waals surface area contributed by atoms with Gasteiger partial charge in [-0.25, -0.2) is 9.97 Å². The van der Waals surface area contributed by atoms with Crippen LogP contribution in [-0.4, -0.2) is 96.7 Å². The second-order valence-electron chi connectivity index (χ2n) is 10.8. The van der Waals surface area contributed by atoms with E-state index in [1.54, 1.807) is 14.2 Å². The molecule has 0 spiro atoms. The Morgan fingerprint density at radius 2 is 1.17 bits per heavy atom. The van der Waals surface area contributed by atoms with Gasteiger partial charge >= 0.3 is 0 Å². The second kappa shape index (κ2) is 13.9. The van der Waals surface area contributed by atoms with Gasteiger partial charge in [0.25, 0.3) is 0 Å². The molecular weight excluding hydrogens is 565 g/mol. The van der Waals surface area contributed by atoms with Crippen molar-refractivity contribution < 1.29 is 9.47 Å². The van der Waals surface area contributed by atoms with Gasteiger partial charge < -0.3 is 29.2 Å². The molecule has 0 aliphatic rings. The number of hydrogen-bond donors (Lipinski definition) is 2. The number of rotatable bonds is 14. The molecule has 0 aliphatic heterocycles. The summed E-state index contributed by atoms with van der Waals surface area (Å²) in [5.41, 5.74) is 5.51. The molecular formula is C32H40N6O2S2. The smallest absolute Gasteiger partial charge is 0.142 e. The Morgan fingerprint density at radius 3 is 1.74 bits per heavy atom. The van der Waals surface area contributed by atoms with Gasteiger partial charge in [-0.3, -0.25) is 0 Å². The zero-order valence-electron chi connectivity index (χ0n) is 25.3. The van der Waals surface area contributed by atoms with Crippen molar-refractivity contribution in [2.24, 2.45) is 0 Å². The standard InChI is InChI=1S/C32H40N6O2S2/c1-37(2)13-7-15-41-21-9-11-25-27(17-21)35-31(33-25)23-19-30(40-6)24(20-29(23)39-5)32-34-26-12-10-22(18-28(26)36-32)42-16-8-14-38(3)4/h9-12,17-20H,7-8,13-16H2,1-6H3,(H,33,35)(H,34,36). The number of nitrogens with one attached hydrogen (secondary N) is 2. The molecule has 8 nitrogen and oxygen atoms in total. The molecule has 0 bridgehead atoms. The predicted molar refractivity (Wildman–Crippen MR) is 178 cm³/mol. The first kappa shape index (κ1) is 30.3. The minimum atomic E-state index is 0.695. The topological polar surface area (TPSA) is 82.3 Å². The van der Waals surface area contributed by atoms with E-state index in [1.807, 2.05) is 35.7 Å². The maximum absolute atomic E-state index is 5.86. The van der Waals surface area contributed by atoms with Gasteiger partial charge in [-0.1, -0.05) is 0 Å². The van der Waals surface area contributed by atoms with Gasteiger partial charge in [0.1, 0.15) is 23.1 Å². The number of aromatic amines is 2. The van der Waals surface area contributed by atoms with Crippen LogP contribution in [0.15, 0.2) is 58.3 Å². The van der Waals surface area contributed by atoms with Crippen molar-refractivity contribution >= 4 is 45.6 Å². The summed E-state index contributed by atoms with van der Waals surface area (Å²) in [4.78, 5) is 23.7. The molecule has 2 N–H and O–H groups in total. The molecule has 0 aliphatic carbocycles. The minimum Gasteiger partial charge on any atom is -0.496 e. The number of H-pyrrole nitrogens is 2. The van der Waals surface area contributed by atoms with Gasteiger partial charge in [-0.15, -0.1) is 23.5 Å². The van der Waals surface area contributed by atoms with E-state index in [0.717, 1.165) is 82.3 Å². The van der Waals surface area contributed by atoms with E-state index >= 15 is 0 Å². The number of benzene rings is 3. The number of aromatic nitrogens is 4. The van der Waals surface area contributed by atoms with Crippen molar-refractivity contribution in [1.29, 1.82) is 0 Å². The fraction of sp³-hybridized carbons (Fsp3) is 0.375. The highest BCUT2D eigenvalue weighted by atomic mass is 32.2. The number of fused-ring (bicyclic) bond motifs is 2. The Balaban J connectivity index is 1.39. The third kappa shape index (κ3) is 7.23. The fourth-order valence-electron chi connectivity index (χ4n) is 4.82. The van der Waals surface area contributed by atoms with E-state index in [1.165, 1.54) is 9.79 Å². The summed E-state index contributed by atoms with van der Waals surface area (Å²) in [7, 11) is 11.8. The molecule has 0 saturated heterocycles. The van der Waals surface area contributed by atoms with E-state index < -0.39 is 0 Å². The van der Waals surface area contributed by atoms with Crippen molar-refractivity contribution in [3.63, 3.8) is 0 Å². The number of imidazole rings is 2. The van der Waals surface area contributed by atoms with Gasteiger partial charge in [-0.2, -0.15) is 0 Å². The number of ether oxygens (including phenoxy) is 2. The summed E-state index contributed by atoms with van der Waals surface area (Å²) >= 11 is 3.74. The Hall–Kier alpha value is -3.18. The zero-order valence-corrected chi connectivity index (χ0v) is 26.9. The van der Waals surface area contributed by atoms with Crippen LogP contribution < -0.4 is 9.47 Å². The molecule has 222 valence electrons. The van der Waals surface area contributed by atoms with Crippen LogP contribution >= 0.6 is 23.5 Å². The third-order valence-electron chi connectivity index (χ3n) is 6.98. The number of thioether (sulfide) groups is 2. The maximum Gasteiger partial charge on any atom is 0.142 e. The number of hydrogen-bond acceptors (Lipinski definition) is 8. The fourth-order valence-corrected chi connectivity index (χ4v) is 6.56. The van der Waals surface area contributed by atoms with Gasteiger partial charge in [0, 0.05) is 9.79 Å². The first-order valence-corrected chi connectivity index (χ1v) is 16.1. The average molecular weight is 605 g/mol. The normalized spacial score (nSPS) is 11.8. The second-order valence-corrected chi connectivity index (χ2v) is 13.1. The summed E-state index contributed by atoms with van der Waals surface area (Å²) in [6.45, 7) is 2.18. The molecule has 3 aromatic carbocycles. The Kier molecular flexibility index (Phi) is 9.99. The Bertz CT molecular complexity index is 1520. The zero-order chi connectivity index (χ0) is 29.6. The summed E-state index contributed by atoms with van der Waals surface area (Å²) < 4.78 is 11.7. The number of methoxy groups -OCH3 is 2. The van der Waals surface area contributed by atoms with Crippen LogP contribution in [0.1, 0.15) is 12.8 Å². The first-order valence-electron chi connectivity index (χ1n) is 14.2. The molecule has 10 heteroatoms. The Labute approximate surface area is 256 Å². The minimum absolute atomic E-state index is 0.695. The van der Waals surface area contributed by atoms with E-state index in [0.29, 0.717) is 11.5 Å².